The molecule has 0 radical (unpaired) electrons. The summed E-state index contributed by atoms with van der Waals surface area (Å²) in [5.74, 6) is 0.0919. The van der Waals surface area contributed by atoms with Crippen LogP contribution in [0, 0.1) is 0 Å². The van der Waals surface area contributed by atoms with Crippen LogP contribution in [-0.2, 0) is 6.54 Å². The molecular weight excluding hydrogens is 159 g/mol. The second-order valence-corrected chi connectivity index (χ2v) is 2.05. The lowest BCUT2D eigenvalue weighted by Gasteiger charge is -2.04. The Morgan fingerprint density at radius 3 is 2.55 bits per heavy atom. The molecule has 0 atom stereocenters. The van der Waals surface area contributed by atoms with E-state index >= 15 is 0 Å². The van der Waals surface area contributed by atoms with Crippen molar-refractivity contribution in [2.45, 2.75) is 12.7 Å². The normalized spacial score (nSPS) is 11.9. The SMILES string of the molecule is Nc1ccn(CC(F)(F)F)n1. The van der Waals surface area contributed by atoms with Crippen LogP contribution < -0.4 is 5.73 Å². The Labute approximate surface area is 60.6 Å². The largest absolute Gasteiger partial charge is 0.408 e. The summed E-state index contributed by atoms with van der Waals surface area (Å²) in [4.78, 5) is 0. The molecule has 0 aromatic carbocycles. The lowest BCUT2D eigenvalue weighted by Crippen LogP contribution is -2.18. The molecule has 0 aliphatic heterocycles. The molecule has 1 aromatic heterocycles. The van der Waals surface area contributed by atoms with E-state index in [9.17, 15) is 13.2 Å². The first kappa shape index (κ1) is 7.90. The summed E-state index contributed by atoms with van der Waals surface area (Å²) < 4.78 is 35.7. The van der Waals surface area contributed by atoms with Gasteiger partial charge in [-0.25, -0.2) is 0 Å². The van der Waals surface area contributed by atoms with Gasteiger partial charge in [0.15, 0.2) is 0 Å². The lowest BCUT2D eigenvalue weighted by molar-refractivity contribution is -0.142. The predicted octanol–water partition coefficient (Wildman–Crippen LogP) is 1.03. The minimum absolute atomic E-state index is 0.0919. The highest BCUT2D eigenvalue weighted by molar-refractivity contribution is 5.23. The van der Waals surface area contributed by atoms with Gasteiger partial charge in [-0.2, -0.15) is 18.3 Å². The molecule has 0 spiro atoms. The first-order valence-electron chi connectivity index (χ1n) is 2.83. The average Bonchev–Trinajstić information content (AvgIpc) is 2.10. The van der Waals surface area contributed by atoms with Crippen LogP contribution in [0.15, 0.2) is 12.3 Å². The summed E-state index contributed by atoms with van der Waals surface area (Å²) in [5.41, 5.74) is 5.10. The van der Waals surface area contributed by atoms with Crippen molar-refractivity contribution in [3.05, 3.63) is 12.3 Å². The van der Waals surface area contributed by atoms with Crippen LogP contribution in [0.1, 0.15) is 0 Å². The van der Waals surface area contributed by atoms with E-state index in [1.54, 1.807) is 0 Å². The molecule has 11 heavy (non-hydrogen) atoms. The number of hydrogen-bond donors (Lipinski definition) is 1. The van der Waals surface area contributed by atoms with Crippen molar-refractivity contribution >= 4 is 5.82 Å². The minimum atomic E-state index is -4.24. The molecule has 0 bridgehead atoms. The monoisotopic (exact) mass is 165 g/mol. The maximum Gasteiger partial charge on any atom is 0.408 e. The third-order valence-electron chi connectivity index (χ3n) is 1.00. The Kier molecular flexibility index (Phi) is 1.76. The van der Waals surface area contributed by atoms with Crippen molar-refractivity contribution in [3.8, 4) is 0 Å². The second kappa shape index (κ2) is 2.44. The van der Waals surface area contributed by atoms with Gasteiger partial charge in [-0.3, -0.25) is 4.68 Å². The Bertz CT molecular complexity index is 239. The molecule has 0 saturated carbocycles. The smallest absolute Gasteiger partial charge is 0.382 e. The van der Waals surface area contributed by atoms with E-state index in [0.717, 1.165) is 4.68 Å². The average molecular weight is 165 g/mol. The molecule has 3 nitrogen and oxygen atoms in total. The first-order valence-corrected chi connectivity index (χ1v) is 2.83. The van der Waals surface area contributed by atoms with Crippen LogP contribution in [0.2, 0.25) is 0 Å². The van der Waals surface area contributed by atoms with Crippen LogP contribution in [0.3, 0.4) is 0 Å². The van der Waals surface area contributed by atoms with Crippen LogP contribution in [0.4, 0.5) is 19.0 Å². The Hall–Kier alpha value is -1.20. The number of nitrogens with two attached hydrogens (primary N) is 1. The van der Waals surface area contributed by atoms with Gasteiger partial charge in [0.05, 0.1) is 0 Å². The van der Waals surface area contributed by atoms with Crippen molar-refractivity contribution in [2.75, 3.05) is 5.73 Å². The van der Waals surface area contributed by atoms with E-state index in [1.165, 1.54) is 12.3 Å². The van der Waals surface area contributed by atoms with E-state index in [2.05, 4.69) is 5.10 Å². The number of rotatable bonds is 1. The van der Waals surface area contributed by atoms with Gasteiger partial charge in [-0.05, 0) is 6.07 Å². The number of nitrogen functional groups attached to an aromatic ring is 1. The van der Waals surface area contributed by atoms with Gasteiger partial charge < -0.3 is 5.73 Å². The molecule has 0 fully saturated rings. The molecule has 1 aromatic rings. The van der Waals surface area contributed by atoms with E-state index in [4.69, 9.17) is 5.73 Å². The molecular formula is C5H6F3N3. The Morgan fingerprint density at radius 2 is 2.18 bits per heavy atom. The fraction of sp³-hybridized carbons (Fsp3) is 0.400. The summed E-state index contributed by atoms with van der Waals surface area (Å²) in [6, 6.07) is 1.31. The number of anilines is 1. The van der Waals surface area contributed by atoms with Crippen molar-refractivity contribution in [3.63, 3.8) is 0 Å². The summed E-state index contributed by atoms with van der Waals surface area (Å²) in [6.45, 7) is -1.09. The van der Waals surface area contributed by atoms with E-state index < -0.39 is 12.7 Å². The molecule has 62 valence electrons. The lowest BCUT2D eigenvalue weighted by atomic mass is 10.6. The fourth-order valence-corrected chi connectivity index (χ4v) is 0.649. The molecule has 0 saturated heterocycles. The van der Waals surface area contributed by atoms with E-state index in [0.29, 0.717) is 0 Å². The third-order valence-corrected chi connectivity index (χ3v) is 1.00. The number of alkyl halides is 3. The Balaban J connectivity index is 2.65. The molecule has 0 aliphatic carbocycles. The summed E-state index contributed by atoms with van der Waals surface area (Å²) >= 11 is 0. The molecule has 0 aliphatic rings. The molecule has 0 amide bonds. The van der Waals surface area contributed by atoms with E-state index in [-0.39, 0.29) is 5.82 Å². The zero-order valence-electron chi connectivity index (χ0n) is 5.47. The molecule has 1 heterocycles. The number of aromatic nitrogens is 2. The van der Waals surface area contributed by atoms with Crippen molar-refractivity contribution in [2.24, 2.45) is 0 Å². The van der Waals surface area contributed by atoms with Gasteiger partial charge in [-0.1, -0.05) is 0 Å². The zero-order valence-corrected chi connectivity index (χ0v) is 5.47. The highest BCUT2D eigenvalue weighted by Gasteiger charge is 2.28. The van der Waals surface area contributed by atoms with Crippen LogP contribution in [-0.4, -0.2) is 16.0 Å². The first-order chi connectivity index (χ1) is 4.97. The standard InChI is InChI=1S/C5H6F3N3/c6-5(7,8)3-11-2-1-4(9)10-11/h1-2H,3H2,(H2,9,10). The Morgan fingerprint density at radius 1 is 1.55 bits per heavy atom. The fourth-order valence-electron chi connectivity index (χ4n) is 0.649. The van der Waals surface area contributed by atoms with Crippen molar-refractivity contribution in [1.29, 1.82) is 0 Å². The van der Waals surface area contributed by atoms with E-state index in [1.807, 2.05) is 0 Å². The van der Waals surface area contributed by atoms with Crippen LogP contribution >= 0.6 is 0 Å². The van der Waals surface area contributed by atoms with Gasteiger partial charge in [0.25, 0.3) is 0 Å². The maximum atomic E-state index is 11.6. The van der Waals surface area contributed by atoms with Crippen LogP contribution in [0.5, 0.6) is 0 Å². The second-order valence-electron chi connectivity index (χ2n) is 2.05. The van der Waals surface area contributed by atoms with Gasteiger partial charge in [0.1, 0.15) is 12.4 Å². The zero-order chi connectivity index (χ0) is 8.48. The van der Waals surface area contributed by atoms with Gasteiger partial charge >= 0.3 is 6.18 Å². The topological polar surface area (TPSA) is 43.8 Å². The number of halogens is 3. The minimum Gasteiger partial charge on any atom is -0.382 e. The number of nitrogens with zero attached hydrogens (tertiary/aromatic N) is 2. The molecule has 1 rings (SSSR count). The highest BCUT2D eigenvalue weighted by atomic mass is 19.4. The van der Waals surface area contributed by atoms with Crippen molar-refractivity contribution < 1.29 is 13.2 Å². The molecule has 0 unspecified atom stereocenters. The van der Waals surface area contributed by atoms with Gasteiger partial charge in [0.2, 0.25) is 0 Å². The number of hydrogen-bond acceptors (Lipinski definition) is 2. The van der Waals surface area contributed by atoms with Gasteiger partial charge in [0, 0.05) is 6.20 Å². The summed E-state index contributed by atoms with van der Waals surface area (Å²) in [6.07, 6.45) is -3.05. The quantitative estimate of drug-likeness (QED) is 0.675. The summed E-state index contributed by atoms with van der Waals surface area (Å²) in [5, 5.41) is 3.37. The van der Waals surface area contributed by atoms with Crippen LogP contribution in [0.25, 0.3) is 0 Å². The highest BCUT2D eigenvalue weighted by Crippen LogP contribution is 2.16. The van der Waals surface area contributed by atoms with Gasteiger partial charge in [-0.15, -0.1) is 0 Å². The summed E-state index contributed by atoms with van der Waals surface area (Å²) in [7, 11) is 0. The molecule has 2 N–H and O–H groups in total. The van der Waals surface area contributed by atoms with Crippen molar-refractivity contribution in [1.82, 2.24) is 9.78 Å². The maximum absolute atomic E-state index is 11.6. The molecule has 6 heteroatoms. The predicted molar refractivity (Wildman–Crippen MR) is 32.7 cm³/mol. The third kappa shape index (κ3) is 2.48.